The van der Waals surface area contributed by atoms with E-state index in [-0.39, 0.29) is 6.42 Å². The standard InChI is InChI=1S/C13H10Cl2F3N3/c14-8-2-1-7(5-9(8)15)10-6-11(13(16,17)18)21-12(20-10)3-4-19-21/h1-5,10-11,20H,6H2. The van der Waals surface area contributed by atoms with Crippen LogP contribution in [0, 0.1) is 0 Å². The summed E-state index contributed by atoms with van der Waals surface area (Å²) in [5, 5.41) is 7.48. The first kappa shape index (κ1) is 14.5. The Morgan fingerprint density at radius 2 is 1.95 bits per heavy atom. The lowest BCUT2D eigenvalue weighted by Gasteiger charge is -2.33. The molecule has 0 fully saturated rings. The minimum Gasteiger partial charge on any atom is -0.363 e. The second-order valence-electron chi connectivity index (χ2n) is 4.82. The van der Waals surface area contributed by atoms with Crippen LogP contribution in [0.5, 0.6) is 0 Å². The number of aromatic nitrogens is 2. The Hall–Kier alpha value is -1.40. The molecule has 1 N–H and O–H groups in total. The summed E-state index contributed by atoms with van der Waals surface area (Å²) in [6.45, 7) is 0. The monoisotopic (exact) mass is 335 g/mol. The third-order valence-corrected chi connectivity index (χ3v) is 4.21. The first-order valence-corrected chi connectivity index (χ1v) is 6.93. The van der Waals surface area contributed by atoms with E-state index >= 15 is 0 Å². The van der Waals surface area contributed by atoms with Crippen LogP contribution in [0.25, 0.3) is 0 Å². The Kier molecular flexibility index (Phi) is 3.53. The van der Waals surface area contributed by atoms with Crippen molar-refractivity contribution in [2.75, 3.05) is 5.32 Å². The minimum absolute atomic E-state index is 0.157. The number of fused-ring (bicyclic) bond motifs is 1. The number of halogens is 5. The molecule has 3 nitrogen and oxygen atoms in total. The summed E-state index contributed by atoms with van der Waals surface area (Å²) in [6, 6.07) is 4.18. The average Bonchev–Trinajstić information content (AvgIpc) is 2.87. The molecule has 2 aromatic rings. The van der Waals surface area contributed by atoms with Crippen molar-refractivity contribution in [3.05, 3.63) is 46.1 Å². The zero-order valence-corrected chi connectivity index (χ0v) is 12.0. The van der Waals surface area contributed by atoms with Gasteiger partial charge in [-0.05, 0) is 17.7 Å². The lowest BCUT2D eigenvalue weighted by molar-refractivity contribution is -0.173. The number of nitrogens with one attached hydrogen (secondary N) is 1. The molecule has 0 saturated carbocycles. The Balaban J connectivity index is 1.98. The van der Waals surface area contributed by atoms with Crippen molar-refractivity contribution < 1.29 is 13.2 Å². The number of hydrogen-bond donors (Lipinski definition) is 1. The summed E-state index contributed by atoms with van der Waals surface area (Å²) in [7, 11) is 0. The molecule has 3 rings (SSSR count). The quantitative estimate of drug-likeness (QED) is 0.807. The van der Waals surface area contributed by atoms with E-state index in [1.54, 1.807) is 18.2 Å². The summed E-state index contributed by atoms with van der Waals surface area (Å²) < 4.78 is 40.5. The number of hydrogen-bond acceptors (Lipinski definition) is 2. The molecule has 1 aliphatic heterocycles. The van der Waals surface area contributed by atoms with Gasteiger partial charge in [0.05, 0.1) is 22.3 Å². The lowest BCUT2D eigenvalue weighted by atomic mass is 9.97. The van der Waals surface area contributed by atoms with Crippen molar-refractivity contribution in [1.82, 2.24) is 9.78 Å². The smallest absolute Gasteiger partial charge is 0.363 e. The largest absolute Gasteiger partial charge is 0.410 e. The summed E-state index contributed by atoms with van der Waals surface area (Å²) in [5.74, 6) is 0.333. The Morgan fingerprint density at radius 1 is 1.19 bits per heavy atom. The molecule has 21 heavy (non-hydrogen) atoms. The zero-order valence-electron chi connectivity index (χ0n) is 10.5. The van der Waals surface area contributed by atoms with Crippen LogP contribution < -0.4 is 5.32 Å². The Bertz CT molecular complexity index is 669. The maximum atomic E-state index is 13.2. The van der Waals surface area contributed by atoms with E-state index in [2.05, 4.69) is 10.4 Å². The van der Waals surface area contributed by atoms with E-state index < -0.39 is 18.3 Å². The van der Waals surface area contributed by atoms with Crippen LogP contribution in [0.1, 0.15) is 24.1 Å². The molecule has 0 spiro atoms. The van der Waals surface area contributed by atoms with Crippen molar-refractivity contribution in [3.8, 4) is 0 Å². The fourth-order valence-electron chi connectivity index (χ4n) is 2.46. The van der Waals surface area contributed by atoms with E-state index in [4.69, 9.17) is 23.2 Å². The van der Waals surface area contributed by atoms with Crippen LogP contribution >= 0.6 is 23.2 Å². The lowest BCUT2D eigenvalue weighted by Crippen LogP contribution is -2.35. The first-order valence-electron chi connectivity index (χ1n) is 6.18. The minimum atomic E-state index is -4.36. The van der Waals surface area contributed by atoms with E-state index in [1.165, 1.54) is 12.3 Å². The molecule has 0 radical (unpaired) electrons. The second-order valence-corrected chi connectivity index (χ2v) is 5.64. The van der Waals surface area contributed by atoms with E-state index in [0.717, 1.165) is 4.68 Å². The van der Waals surface area contributed by atoms with Gasteiger partial charge in [0.15, 0.2) is 6.04 Å². The molecule has 8 heteroatoms. The number of alkyl halides is 3. The molecule has 2 unspecified atom stereocenters. The predicted molar refractivity (Wildman–Crippen MR) is 74.8 cm³/mol. The van der Waals surface area contributed by atoms with Gasteiger partial charge in [-0.25, -0.2) is 4.68 Å². The molecule has 0 bridgehead atoms. The number of rotatable bonds is 1. The van der Waals surface area contributed by atoms with Crippen LogP contribution in [0.2, 0.25) is 10.0 Å². The highest BCUT2D eigenvalue weighted by Gasteiger charge is 2.46. The molecule has 1 aromatic carbocycles. The zero-order chi connectivity index (χ0) is 15.2. The summed E-state index contributed by atoms with van der Waals surface area (Å²) in [6.07, 6.45) is -3.17. The van der Waals surface area contributed by atoms with E-state index in [0.29, 0.717) is 21.4 Å². The van der Waals surface area contributed by atoms with Gasteiger partial charge in [-0.15, -0.1) is 0 Å². The second kappa shape index (κ2) is 5.10. The van der Waals surface area contributed by atoms with Gasteiger partial charge in [0, 0.05) is 12.5 Å². The van der Waals surface area contributed by atoms with Crippen LogP contribution in [-0.2, 0) is 0 Å². The van der Waals surface area contributed by atoms with E-state index in [1.807, 2.05) is 0 Å². The van der Waals surface area contributed by atoms with Crippen LogP contribution in [0.4, 0.5) is 19.0 Å². The fraction of sp³-hybridized carbons (Fsp3) is 0.308. The summed E-state index contributed by atoms with van der Waals surface area (Å²) >= 11 is 11.8. The topological polar surface area (TPSA) is 29.9 Å². The third-order valence-electron chi connectivity index (χ3n) is 3.47. The highest BCUT2D eigenvalue weighted by molar-refractivity contribution is 6.42. The maximum Gasteiger partial charge on any atom is 0.410 e. The average molecular weight is 336 g/mol. The van der Waals surface area contributed by atoms with Gasteiger partial charge in [-0.2, -0.15) is 18.3 Å². The molecule has 0 saturated heterocycles. The summed E-state index contributed by atoms with van der Waals surface area (Å²) in [4.78, 5) is 0. The Labute approximate surface area is 128 Å². The van der Waals surface area contributed by atoms with Gasteiger partial charge in [-0.3, -0.25) is 0 Å². The van der Waals surface area contributed by atoms with Crippen molar-refractivity contribution in [2.24, 2.45) is 0 Å². The third kappa shape index (κ3) is 2.70. The molecule has 2 atom stereocenters. The van der Waals surface area contributed by atoms with Gasteiger partial charge in [-0.1, -0.05) is 29.3 Å². The highest BCUT2D eigenvalue weighted by Crippen LogP contribution is 2.43. The summed E-state index contributed by atoms with van der Waals surface area (Å²) in [5.41, 5.74) is 0.658. The van der Waals surface area contributed by atoms with Gasteiger partial charge in [0.2, 0.25) is 0 Å². The van der Waals surface area contributed by atoms with Crippen molar-refractivity contribution in [3.63, 3.8) is 0 Å². The number of benzene rings is 1. The predicted octanol–water partition coefficient (Wildman–Crippen LogP) is 4.85. The maximum absolute atomic E-state index is 13.2. The van der Waals surface area contributed by atoms with Gasteiger partial charge in [0.1, 0.15) is 5.82 Å². The normalized spacial score (nSPS) is 21.8. The molecule has 112 valence electrons. The molecule has 0 amide bonds. The Morgan fingerprint density at radius 3 is 2.62 bits per heavy atom. The SMILES string of the molecule is FC(F)(F)C1CC(c2ccc(Cl)c(Cl)c2)Nc2ccnn21. The number of nitrogens with zero attached hydrogens (tertiary/aromatic N) is 2. The van der Waals surface area contributed by atoms with E-state index in [9.17, 15) is 13.2 Å². The van der Waals surface area contributed by atoms with Crippen LogP contribution in [0.3, 0.4) is 0 Å². The molecule has 1 aliphatic rings. The van der Waals surface area contributed by atoms with Crippen LogP contribution in [-0.4, -0.2) is 16.0 Å². The van der Waals surface area contributed by atoms with Crippen LogP contribution in [0.15, 0.2) is 30.5 Å². The molecule has 0 aliphatic carbocycles. The number of anilines is 1. The molecule has 1 aromatic heterocycles. The molecule has 2 heterocycles. The van der Waals surface area contributed by atoms with Gasteiger partial charge >= 0.3 is 6.18 Å². The highest BCUT2D eigenvalue weighted by atomic mass is 35.5. The molecular weight excluding hydrogens is 326 g/mol. The van der Waals surface area contributed by atoms with Crippen molar-refractivity contribution >= 4 is 29.0 Å². The van der Waals surface area contributed by atoms with Gasteiger partial charge in [0.25, 0.3) is 0 Å². The van der Waals surface area contributed by atoms with Crippen molar-refractivity contribution in [2.45, 2.75) is 24.7 Å². The fourth-order valence-corrected chi connectivity index (χ4v) is 2.76. The first-order chi connectivity index (χ1) is 9.86. The van der Waals surface area contributed by atoms with Gasteiger partial charge < -0.3 is 5.32 Å². The molecular formula is C13H10Cl2F3N3. The van der Waals surface area contributed by atoms with Crippen molar-refractivity contribution in [1.29, 1.82) is 0 Å².